The van der Waals surface area contributed by atoms with Crippen molar-refractivity contribution < 1.29 is 0 Å². The average Bonchev–Trinajstić information content (AvgIpc) is 1.82. The number of hydrogen-bond acceptors (Lipinski definition) is 1. The molecule has 1 heteroatoms. The number of hydrogen-bond donors (Lipinski definition) is 0. The molecular weight excluding hydrogens is 128 g/mol. The SMILES string of the molecule is C/C=C(\SCC)C(C)C. The van der Waals surface area contributed by atoms with Crippen LogP contribution in [0.3, 0.4) is 0 Å². The lowest BCUT2D eigenvalue weighted by Crippen LogP contribution is -1.88. The molecule has 0 fully saturated rings. The van der Waals surface area contributed by atoms with Crippen LogP contribution in [0.4, 0.5) is 0 Å². The van der Waals surface area contributed by atoms with Crippen molar-refractivity contribution in [3.05, 3.63) is 11.0 Å². The number of thioether (sulfide) groups is 1. The predicted octanol–water partition coefficient (Wildman–Crippen LogP) is 3.30. The first kappa shape index (κ1) is 9.09. The Labute approximate surface area is 62.7 Å². The van der Waals surface area contributed by atoms with E-state index in [1.165, 1.54) is 10.7 Å². The molecule has 0 spiro atoms. The topological polar surface area (TPSA) is 0 Å². The lowest BCUT2D eigenvalue weighted by molar-refractivity contribution is 0.815. The molecule has 0 aromatic heterocycles. The molecule has 0 heterocycles. The molecule has 0 unspecified atom stereocenters. The molecule has 0 rings (SSSR count). The van der Waals surface area contributed by atoms with E-state index in [-0.39, 0.29) is 0 Å². The maximum atomic E-state index is 2.23. The average molecular weight is 144 g/mol. The van der Waals surface area contributed by atoms with Gasteiger partial charge in [-0.1, -0.05) is 26.8 Å². The summed E-state index contributed by atoms with van der Waals surface area (Å²) < 4.78 is 0. The molecule has 0 saturated carbocycles. The lowest BCUT2D eigenvalue weighted by Gasteiger charge is -2.07. The van der Waals surface area contributed by atoms with Crippen LogP contribution in [0.2, 0.25) is 0 Å². The van der Waals surface area contributed by atoms with E-state index in [9.17, 15) is 0 Å². The fourth-order valence-electron chi connectivity index (χ4n) is 0.750. The summed E-state index contributed by atoms with van der Waals surface area (Å²) in [4.78, 5) is 1.51. The van der Waals surface area contributed by atoms with Crippen LogP contribution < -0.4 is 0 Å². The summed E-state index contributed by atoms with van der Waals surface area (Å²) in [6.45, 7) is 8.77. The van der Waals surface area contributed by atoms with Crippen molar-refractivity contribution in [3.8, 4) is 0 Å². The second-order valence-corrected chi connectivity index (χ2v) is 3.62. The van der Waals surface area contributed by atoms with Gasteiger partial charge < -0.3 is 0 Å². The smallest absolute Gasteiger partial charge is 0.00517 e. The third kappa shape index (κ3) is 3.63. The first-order valence-electron chi connectivity index (χ1n) is 3.51. The number of rotatable bonds is 3. The molecule has 0 aliphatic rings. The van der Waals surface area contributed by atoms with Gasteiger partial charge in [0.1, 0.15) is 0 Å². The fraction of sp³-hybridized carbons (Fsp3) is 0.750. The summed E-state index contributed by atoms with van der Waals surface area (Å²) >= 11 is 1.95. The van der Waals surface area contributed by atoms with E-state index in [1.54, 1.807) is 0 Å². The van der Waals surface area contributed by atoms with Crippen LogP contribution in [0.15, 0.2) is 11.0 Å². The summed E-state index contributed by atoms with van der Waals surface area (Å²) in [6, 6.07) is 0. The van der Waals surface area contributed by atoms with Crippen molar-refractivity contribution >= 4 is 11.8 Å². The first-order valence-corrected chi connectivity index (χ1v) is 4.49. The molecule has 0 saturated heterocycles. The molecule has 54 valence electrons. The van der Waals surface area contributed by atoms with Crippen molar-refractivity contribution in [3.63, 3.8) is 0 Å². The maximum absolute atomic E-state index is 2.23. The summed E-state index contributed by atoms with van der Waals surface area (Å²) in [5.41, 5.74) is 0. The standard InChI is InChI=1S/C8H16S/c1-5-8(7(3)4)9-6-2/h5,7H,6H2,1-4H3/b8-5-. The lowest BCUT2D eigenvalue weighted by atomic mass is 10.2. The molecule has 9 heavy (non-hydrogen) atoms. The van der Waals surface area contributed by atoms with E-state index in [2.05, 4.69) is 33.8 Å². The predicted molar refractivity (Wildman–Crippen MR) is 46.7 cm³/mol. The van der Waals surface area contributed by atoms with Crippen LogP contribution in [0.1, 0.15) is 27.7 Å². The summed E-state index contributed by atoms with van der Waals surface area (Å²) in [5.74, 6) is 1.90. The Hall–Kier alpha value is 0.0900. The van der Waals surface area contributed by atoms with Gasteiger partial charge in [0.2, 0.25) is 0 Å². The molecule has 0 aromatic carbocycles. The van der Waals surface area contributed by atoms with E-state index in [0.29, 0.717) is 5.92 Å². The van der Waals surface area contributed by atoms with E-state index in [4.69, 9.17) is 0 Å². The van der Waals surface area contributed by atoms with Crippen LogP contribution in [0.25, 0.3) is 0 Å². The Bertz CT molecular complexity index is 92.7. The Kier molecular flexibility index (Phi) is 4.97. The van der Waals surface area contributed by atoms with E-state index in [1.807, 2.05) is 11.8 Å². The Morgan fingerprint density at radius 3 is 2.22 bits per heavy atom. The van der Waals surface area contributed by atoms with Gasteiger partial charge in [0.25, 0.3) is 0 Å². The van der Waals surface area contributed by atoms with Crippen molar-refractivity contribution in [2.45, 2.75) is 27.7 Å². The quantitative estimate of drug-likeness (QED) is 0.585. The molecule has 0 radical (unpaired) electrons. The van der Waals surface area contributed by atoms with Crippen LogP contribution >= 0.6 is 11.8 Å². The van der Waals surface area contributed by atoms with Gasteiger partial charge in [-0.2, -0.15) is 0 Å². The van der Waals surface area contributed by atoms with Gasteiger partial charge in [0.05, 0.1) is 0 Å². The van der Waals surface area contributed by atoms with Gasteiger partial charge in [-0.25, -0.2) is 0 Å². The van der Waals surface area contributed by atoms with E-state index >= 15 is 0 Å². The Balaban J connectivity index is 3.70. The highest BCUT2D eigenvalue weighted by atomic mass is 32.2. The zero-order valence-electron chi connectivity index (χ0n) is 6.77. The minimum atomic E-state index is 0.708. The van der Waals surface area contributed by atoms with Gasteiger partial charge in [0, 0.05) is 0 Å². The minimum absolute atomic E-state index is 0.708. The van der Waals surface area contributed by atoms with Crippen molar-refractivity contribution in [1.29, 1.82) is 0 Å². The third-order valence-electron chi connectivity index (χ3n) is 1.16. The molecule has 0 bridgehead atoms. The highest BCUT2D eigenvalue weighted by Crippen LogP contribution is 2.22. The van der Waals surface area contributed by atoms with Crippen molar-refractivity contribution in [1.82, 2.24) is 0 Å². The maximum Gasteiger partial charge on any atom is -0.00517 e. The Morgan fingerprint density at radius 1 is 1.56 bits per heavy atom. The van der Waals surface area contributed by atoms with Crippen LogP contribution in [-0.4, -0.2) is 5.75 Å². The molecular formula is C8H16S. The second-order valence-electron chi connectivity index (χ2n) is 2.28. The van der Waals surface area contributed by atoms with E-state index in [0.717, 1.165) is 0 Å². The highest BCUT2D eigenvalue weighted by Gasteiger charge is 1.98. The van der Waals surface area contributed by atoms with Gasteiger partial charge in [-0.05, 0) is 23.5 Å². The molecule has 0 aliphatic carbocycles. The number of allylic oxidation sites excluding steroid dienone is 2. The van der Waals surface area contributed by atoms with Crippen LogP contribution in [-0.2, 0) is 0 Å². The molecule has 0 amide bonds. The van der Waals surface area contributed by atoms with Gasteiger partial charge >= 0.3 is 0 Å². The van der Waals surface area contributed by atoms with Gasteiger partial charge in [-0.3, -0.25) is 0 Å². The van der Waals surface area contributed by atoms with Crippen LogP contribution in [0.5, 0.6) is 0 Å². The van der Waals surface area contributed by atoms with Crippen LogP contribution in [0, 0.1) is 5.92 Å². The summed E-state index contributed by atoms with van der Waals surface area (Å²) in [7, 11) is 0. The minimum Gasteiger partial charge on any atom is -0.131 e. The molecule has 0 aliphatic heterocycles. The molecule has 0 N–H and O–H groups in total. The van der Waals surface area contributed by atoms with Crippen molar-refractivity contribution in [2.75, 3.05) is 5.75 Å². The largest absolute Gasteiger partial charge is 0.131 e. The van der Waals surface area contributed by atoms with Gasteiger partial charge in [-0.15, -0.1) is 11.8 Å². The fourth-order valence-corrected chi connectivity index (χ4v) is 1.58. The molecule has 0 atom stereocenters. The second kappa shape index (κ2) is 4.92. The van der Waals surface area contributed by atoms with Crippen molar-refractivity contribution in [2.24, 2.45) is 5.92 Å². The molecule has 0 nitrogen and oxygen atoms in total. The molecule has 0 aromatic rings. The third-order valence-corrected chi connectivity index (χ3v) is 2.49. The Morgan fingerprint density at radius 2 is 2.11 bits per heavy atom. The first-order chi connectivity index (χ1) is 4.22. The van der Waals surface area contributed by atoms with E-state index < -0.39 is 0 Å². The zero-order chi connectivity index (χ0) is 7.28. The highest BCUT2D eigenvalue weighted by molar-refractivity contribution is 8.03. The summed E-state index contributed by atoms with van der Waals surface area (Å²) in [5, 5.41) is 0. The summed E-state index contributed by atoms with van der Waals surface area (Å²) in [6.07, 6.45) is 2.21. The van der Waals surface area contributed by atoms with Gasteiger partial charge in [0.15, 0.2) is 0 Å². The normalized spacial score (nSPS) is 12.8. The zero-order valence-corrected chi connectivity index (χ0v) is 7.59. The monoisotopic (exact) mass is 144 g/mol.